The first-order valence-corrected chi connectivity index (χ1v) is 14.5. The molecule has 0 fully saturated rings. The van der Waals surface area contributed by atoms with Crippen LogP contribution >= 0.6 is 11.8 Å². The van der Waals surface area contributed by atoms with Gasteiger partial charge in [0.1, 0.15) is 11.4 Å². The van der Waals surface area contributed by atoms with Gasteiger partial charge in [0, 0.05) is 50.3 Å². The molecular weight excluding hydrogens is 568 g/mol. The summed E-state index contributed by atoms with van der Waals surface area (Å²) in [5.74, 6) is -1.01. The van der Waals surface area contributed by atoms with Crippen molar-refractivity contribution in [2.75, 3.05) is 37.8 Å². The minimum atomic E-state index is -0.505. The van der Waals surface area contributed by atoms with Crippen LogP contribution in [0.15, 0.2) is 66.1 Å². The number of hydrogen-bond acceptors (Lipinski definition) is 7. The number of carbonyl (C=O) groups excluding carboxylic acids is 4. The largest absolute Gasteiger partial charge is 0.351 e. The van der Waals surface area contributed by atoms with E-state index in [0.717, 1.165) is 35.2 Å². The number of nitrogens with zero attached hydrogens (tertiary/aromatic N) is 5. The fourth-order valence-corrected chi connectivity index (χ4v) is 5.06. The van der Waals surface area contributed by atoms with E-state index in [2.05, 4.69) is 20.9 Å². The Kier molecular flexibility index (Phi) is 10.2. The highest BCUT2D eigenvalue weighted by Gasteiger charge is 2.21. The van der Waals surface area contributed by atoms with E-state index < -0.39 is 11.8 Å². The molecule has 0 aliphatic rings. The van der Waals surface area contributed by atoms with E-state index in [-0.39, 0.29) is 29.1 Å². The summed E-state index contributed by atoms with van der Waals surface area (Å²) in [5, 5.41) is 8.27. The number of imidazole rings is 1. The van der Waals surface area contributed by atoms with Crippen molar-refractivity contribution in [1.29, 1.82) is 0 Å². The van der Waals surface area contributed by atoms with Crippen molar-refractivity contribution < 1.29 is 19.2 Å². The third-order valence-corrected chi connectivity index (χ3v) is 7.39. The van der Waals surface area contributed by atoms with Crippen molar-refractivity contribution in [1.82, 2.24) is 28.9 Å². The van der Waals surface area contributed by atoms with Crippen LogP contribution in [0.4, 0.5) is 11.4 Å². The first kappa shape index (κ1) is 31.3. The molecule has 3 amide bonds. The van der Waals surface area contributed by atoms with Crippen LogP contribution in [0.1, 0.15) is 43.6 Å². The Bertz CT molecular complexity index is 1620. The molecule has 4 rings (SSSR count). The minimum absolute atomic E-state index is 0.116. The van der Waals surface area contributed by atoms with Crippen molar-refractivity contribution in [2.24, 2.45) is 14.1 Å². The number of nitrogens with one attached hydrogen (secondary N) is 3. The van der Waals surface area contributed by atoms with E-state index in [4.69, 9.17) is 0 Å². The van der Waals surface area contributed by atoms with Crippen molar-refractivity contribution in [3.63, 3.8) is 0 Å². The molecule has 3 aromatic heterocycles. The van der Waals surface area contributed by atoms with Crippen LogP contribution in [0.2, 0.25) is 0 Å². The first-order valence-electron chi connectivity index (χ1n) is 13.7. The van der Waals surface area contributed by atoms with Crippen molar-refractivity contribution in [2.45, 2.75) is 24.8 Å². The van der Waals surface area contributed by atoms with Gasteiger partial charge in [-0.15, -0.1) is 0 Å². The van der Waals surface area contributed by atoms with Gasteiger partial charge in [-0.2, -0.15) is 0 Å². The van der Waals surface area contributed by atoms with Gasteiger partial charge in [-0.25, -0.2) is 4.98 Å². The van der Waals surface area contributed by atoms with Gasteiger partial charge in [-0.05, 0) is 58.3 Å². The van der Waals surface area contributed by atoms with Crippen molar-refractivity contribution >= 4 is 46.0 Å². The summed E-state index contributed by atoms with van der Waals surface area (Å²) in [4.78, 5) is 58.8. The monoisotopic (exact) mass is 604 g/mol. The highest BCUT2D eigenvalue weighted by molar-refractivity contribution is 8.13. The predicted octanol–water partition coefficient (Wildman–Crippen LogP) is 3.37. The van der Waals surface area contributed by atoms with E-state index in [9.17, 15) is 19.2 Å². The topological polar surface area (TPSA) is 135 Å². The molecule has 0 aliphatic heterocycles. The van der Waals surface area contributed by atoms with Crippen molar-refractivity contribution in [3.05, 3.63) is 84.0 Å². The van der Waals surface area contributed by atoms with Crippen LogP contribution in [0.3, 0.4) is 0 Å². The van der Waals surface area contributed by atoms with Crippen LogP contribution < -0.4 is 16.0 Å². The molecule has 0 saturated heterocycles. The van der Waals surface area contributed by atoms with E-state index in [0.29, 0.717) is 23.6 Å². The number of rotatable bonds is 12. The molecule has 0 saturated carbocycles. The van der Waals surface area contributed by atoms with Gasteiger partial charge >= 0.3 is 0 Å². The molecule has 3 heterocycles. The summed E-state index contributed by atoms with van der Waals surface area (Å²) in [7, 11) is 7.37. The molecular formula is C30H36N8O4S. The lowest BCUT2D eigenvalue weighted by Crippen LogP contribution is -2.28. The first-order chi connectivity index (χ1) is 20.5. The van der Waals surface area contributed by atoms with Gasteiger partial charge in [-0.1, -0.05) is 29.5 Å². The maximum Gasteiger partial charge on any atom is 0.291 e. The Morgan fingerprint density at radius 2 is 1.56 bits per heavy atom. The maximum absolute atomic E-state index is 13.5. The third kappa shape index (κ3) is 8.46. The average Bonchev–Trinajstić information content (AvgIpc) is 3.65. The molecule has 1 aromatic carbocycles. The fourth-order valence-electron chi connectivity index (χ4n) is 4.32. The zero-order chi connectivity index (χ0) is 31.1. The third-order valence-electron chi connectivity index (χ3n) is 6.53. The number of carbonyl (C=O) groups is 4. The van der Waals surface area contributed by atoms with E-state index in [1.165, 1.54) is 16.8 Å². The number of amides is 3. The van der Waals surface area contributed by atoms with Crippen molar-refractivity contribution in [3.8, 4) is 0 Å². The van der Waals surface area contributed by atoms with E-state index in [1.54, 1.807) is 47.9 Å². The lowest BCUT2D eigenvalue weighted by molar-refractivity contribution is -0.111. The van der Waals surface area contributed by atoms with Gasteiger partial charge in [0.15, 0.2) is 5.82 Å². The summed E-state index contributed by atoms with van der Waals surface area (Å²) in [5.41, 5.74) is 2.38. The summed E-state index contributed by atoms with van der Waals surface area (Å²) in [6.07, 6.45) is 7.16. The summed E-state index contributed by atoms with van der Waals surface area (Å²) < 4.78 is 4.71. The molecule has 0 atom stereocenters. The Hall–Kier alpha value is -4.62. The minimum Gasteiger partial charge on any atom is -0.351 e. The molecule has 13 heteroatoms. The standard InChI is InChI=1S/C30H36N8O4S/c1-20-7-9-23(10-8-20)43-26(39)19-38-18-22(34-30(42)27-31-12-14-36(27)4)16-25(38)29(41)33-21-15-24(37(5)17-21)28(40)32-11-6-13-35(2)3/h7-10,12,14-18H,6,11,13,19H2,1-5H3,(H,32,40)(H,33,41)(H,34,42). The van der Waals surface area contributed by atoms with Crippen LogP contribution in [-0.4, -0.2) is 73.6 Å². The molecule has 226 valence electrons. The second kappa shape index (κ2) is 14.0. The number of benzene rings is 1. The highest BCUT2D eigenvalue weighted by atomic mass is 32.2. The fraction of sp³-hybridized carbons (Fsp3) is 0.300. The van der Waals surface area contributed by atoms with Crippen LogP contribution in [-0.2, 0) is 25.4 Å². The Balaban J connectivity index is 1.51. The van der Waals surface area contributed by atoms with Gasteiger partial charge in [-0.3, -0.25) is 19.2 Å². The summed E-state index contributed by atoms with van der Waals surface area (Å²) in [6.45, 7) is 3.23. The lowest BCUT2D eigenvalue weighted by atomic mass is 10.2. The number of aryl methyl sites for hydroxylation is 3. The predicted molar refractivity (Wildman–Crippen MR) is 167 cm³/mol. The molecule has 43 heavy (non-hydrogen) atoms. The summed E-state index contributed by atoms with van der Waals surface area (Å²) in [6, 6.07) is 10.7. The lowest BCUT2D eigenvalue weighted by Gasteiger charge is -2.10. The SMILES string of the molecule is Cc1ccc(SC(=O)Cn2cc(NC(=O)c3nccn3C)cc2C(=O)Nc2cc(C(=O)NCCCN(C)C)n(C)c2)cc1. The molecule has 0 bridgehead atoms. The van der Waals surface area contributed by atoms with Crippen LogP contribution in [0.5, 0.6) is 0 Å². The highest BCUT2D eigenvalue weighted by Crippen LogP contribution is 2.23. The molecule has 3 N–H and O–H groups in total. The zero-order valence-corrected chi connectivity index (χ0v) is 25.7. The molecule has 0 unspecified atom stereocenters. The number of hydrogen-bond donors (Lipinski definition) is 3. The molecule has 4 aromatic rings. The Morgan fingerprint density at radius 1 is 0.884 bits per heavy atom. The van der Waals surface area contributed by atoms with Crippen LogP contribution in [0.25, 0.3) is 0 Å². The smallest absolute Gasteiger partial charge is 0.291 e. The van der Waals surface area contributed by atoms with Gasteiger partial charge < -0.3 is 34.6 Å². The van der Waals surface area contributed by atoms with Gasteiger partial charge in [0.2, 0.25) is 5.12 Å². The average molecular weight is 605 g/mol. The number of thioether (sulfide) groups is 1. The number of aromatic nitrogens is 4. The van der Waals surface area contributed by atoms with E-state index in [1.807, 2.05) is 50.2 Å². The van der Waals surface area contributed by atoms with Gasteiger partial charge in [0.05, 0.1) is 17.9 Å². The molecule has 12 nitrogen and oxygen atoms in total. The second-order valence-electron chi connectivity index (χ2n) is 10.4. The Labute approximate surface area is 254 Å². The second-order valence-corrected chi connectivity index (χ2v) is 11.6. The Morgan fingerprint density at radius 3 is 2.23 bits per heavy atom. The summed E-state index contributed by atoms with van der Waals surface area (Å²) >= 11 is 1.07. The zero-order valence-electron chi connectivity index (χ0n) is 24.9. The van der Waals surface area contributed by atoms with Gasteiger partial charge in [0.25, 0.3) is 17.7 Å². The van der Waals surface area contributed by atoms with Crippen LogP contribution in [0, 0.1) is 6.92 Å². The molecule has 0 spiro atoms. The maximum atomic E-state index is 13.5. The van der Waals surface area contributed by atoms with E-state index >= 15 is 0 Å². The normalized spacial score (nSPS) is 11.0. The number of anilines is 2. The molecule has 0 aliphatic carbocycles. The quantitative estimate of drug-likeness (QED) is 0.167. The molecule has 0 radical (unpaired) electrons.